The fourth-order valence-electron chi connectivity index (χ4n) is 1.58. The topological polar surface area (TPSA) is 90.9 Å². The number of likely N-dealkylation sites (N-methyl/N-ethyl adjacent to an activating group) is 1. The molecule has 0 aliphatic heterocycles. The Morgan fingerprint density at radius 1 is 1.10 bits per heavy atom. The number of nitrogens with zero attached hydrogens (tertiary/aromatic N) is 2. The SMILES string of the molecule is CCN(CC)C(=O)C(=O)N/N=C(\C)CC(=O)NC(C)(C)C. The molecule has 0 aromatic rings. The van der Waals surface area contributed by atoms with E-state index in [0.29, 0.717) is 18.8 Å². The summed E-state index contributed by atoms with van der Waals surface area (Å²) < 4.78 is 0. The lowest BCUT2D eigenvalue weighted by Gasteiger charge is -2.20. The number of hydrogen-bond donors (Lipinski definition) is 2. The van der Waals surface area contributed by atoms with E-state index < -0.39 is 11.8 Å². The van der Waals surface area contributed by atoms with Crippen molar-refractivity contribution in [3.8, 4) is 0 Å². The molecule has 0 aromatic heterocycles. The maximum absolute atomic E-state index is 11.7. The van der Waals surface area contributed by atoms with Gasteiger partial charge in [0, 0.05) is 24.3 Å². The summed E-state index contributed by atoms with van der Waals surface area (Å²) in [5.74, 6) is -1.61. The van der Waals surface area contributed by atoms with Gasteiger partial charge in [0.15, 0.2) is 0 Å². The van der Waals surface area contributed by atoms with Crippen molar-refractivity contribution in [2.24, 2.45) is 5.10 Å². The molecule has 0 aliphatic carbocycles. The summed E-state index contributed by atoms with van der Waals surface area (Å²) in [4.78, 5) is 36.4. The van der Waals surface area contributed by atoms with Crippen LogP contribution in [-0.4, -0.2) is 47.0 Å². The van der Waals surface area contributed by atoms with Crippen LogP contribution in [0.15, 0.2) is 5.10 Å². The first-order chi connectivity index (χ1) is 9.60. The van der Waals surface area contributed by atoms with Crippen LogP contribution in [-0.2, 0) is 14.4 Å². The highest BCUT2D eigenvalue weighted by atomic mass is 16.2. The molecule has 0 bridgehead atoms. The van der Waals surface area contributed by atoms with E-state index >= 15 is 0 Å². The van der Waals surface area contributed by atoms with E-state index in [2.05, 4.69) is 15.8 Å². The predicted octanol–water partition coefficient (Wildman–Crippen LogP) is 0.652. The Balaban J connectivity index is 4.44. The van der Waals surface area contributed by atoms with Crippen molar-refractivity contribution in [2.45, 2.75) is 53.5 Å². The highest BCUT2D eigenvalue weighted by molar-refractivity contribution is 6.35. The van der Waals surface area contributed by atoms with Crippen LogP contribution in [0.25, 0.3) is 0 Å². The Kier molecular flexibility index (Phi) is 7.62. The molecule has 0 aromatic carbocycles. The molecule has 0 aliphatic rings. The molecule has 21 heavy (non-hydrogen) atoms. The van der Waals surface area contributed by atoms with E-state index in [1.807, 2.05) is 20.8 Å². The number of nitrogens with one attached hydrogen (secondary N) is 2. The quantitative estimate of drug-likeness (QED) is 0.443. The van der Waals surface area contributed by atoms with Gasteiger partial charge in [0.1, 0.15) is 0 Å². The molecule has 0 spiro atoms. The molecule has 0 rings (SSSR count). The molecule has 0 heterocycles. The van der Waals surface area contributed by atoms with E-state index in [1.54, 1.807) is 20.8 Å². The minimum Gasteiger partial charge on any atom is -0.351 e. The van der Waals surface area contributed by atoms with Crippen LogP contribution in [0.3, 0.4) is 0 Å². The average Bonchev–Trinajstić information content (AvgIpc) is 2.34. The van der Waals surface area contributed by atoms with Crippen molar-refractivity contribution in [1.82, 2.24) is 15.6 Å². The standard InChI is InChI=1S/C14H26N4O3/c1-7-18(8-2)13(21)12(20)17-16-10(3)9-11(19)15-14(4,5)6/h7-9H2,1-6H3,(H,15,19)(H,17,20)/b16-10+. The van der Waals surface area contributed by atoms with Gasteiger partial charge in [-0.05, 0) is 41.5 Å². The minimum atomic E-state index is -0.797. The molecule has 7 nitrogen and oxygen atoms in total. The summed E-state index contributed by atoms with van der Waals surface area (Å²) in [7, 11) is 0. The summed E-state index contributed by atoms with van der Waals surface area (Å²) in [5.41, 5.74) is 2.29. The van der Waals surface area contributed by atoms with Crippen LogP contribution in [0.4, 0.5) is 0 Å². The second-order valence-corrected chi connectivity index (χ2v) is 5.74. The molecule has 0 radical (unpaired) electrons. The summed E-state index contributed by atoms with van der Waals surface area (Å²) in [6.45, 7) is 11.7. The van der Waals surface area contributed by atoms with Crippen molar-refractivity contribution >= 4 is 23.4 Å². The molecule has 0 saturated heterocycles. The number of rotatable bonds is 5. The van der Waals surface area contributed by atoms with E-state index in [1.165, 1.54) is 4.90 Å². The van der Waals surface area contributed by atoms with Gasteiger partial charge in [-0.1, -0.05) is 0 Å². The first kappa shape index (κ1) is 19.1. The Bertz CT molecular complexity index is 420. The molecule has 0 atom stereocenters. The van der Waals surface area contributed by atoms with Gasteiger partial charge in [0.25, 0.3) is 0 Å². The van der Waals surface area contributed by atoms with Gasteiger partial charge < -0.3 is 10.2 Å². The first-order valence-electron chi connectivity index (χ1n) is 7.04. The molecular formula is C14H26N4O3. The molecular weight excluding hydrogens is 272 g/mol. The highest BCUT2D eigenvalue weighted by Crippen LogP contribution is 1.99. The second-order valence-electron chi connectivity index (χ2n) is 5.74. The minimum absolute atomic E-state index is 0.0665. The number of amides is 3. The number of hydrogen-bond acceptors (Lipinski definition) is 4. The van der Waals surface area contributed by atoms with Crippen LogP contribution >= 0.6 is 0 Å². The fourth-order valence-corrected chi connectivity index (χ4v) is 1.58. The van der Waals surface area contributed by atoms with E-state index in [-0.39, 0.29) is 17.9 Å². The second kappa shape index (κ2) is 8.39. The van der Waals surface area contributed by atoms with Crippen molar-refractivity contribution in [3.63, 3.8) is 0 Å². The lowest BCUT2D eigenvalue weighted by atomic mass is 10.1. The van der Waals surface area contributed by atoms with Gasteiger partial charge >= 0.3 is 11.8 Å². The van der Waals surface area contributed by atoms with Crippen LogP contribution in [0.5, 0.6) is 0 Å². The molecule has 7 heteroatoms. The largest absolute Gasteiger partial charge is 0.351 e. The fraction of sp³-hybridized carbons (Fsp3) is 0.714. The molecule has 0 unspecified atom stereocenters. The first-order valence-corrected chi connectivity index (χ1v) is 7.04. The van der Waals surface area contributed by atoms with Gasteiger partial charge in [0.05, 0.1) is 6.42 Å². The van der Waals surface area contributed by atoms with Crippen LogP contribution in [0.2, 0.25) is 0 Å². The summed E-state index contributed by atoms with van der Waals surface area (Å²) in [6.07, 6.45) is 0.0665. The maximum Gasteiger partial charge on any atom is 0.329 e. The van der Waals surface area contributed by atoms with Gasteiger partial charge in [-0.2, -0.15) is 5.10 Å². The molecule has 0 fully saturated rings. The number of hydrazone groups is 1. The van der Waals surface area contributed by atoms with Crippen molar-refractivity contribution in [1.29, 1.82) is 0 Å². The lowest BCUT2D eigenvalue weighted by molar-refractivity contribution is -0.145. The van der Waals surface area contributed by atoms with E-state index in [0.717, 1.165) is 0 Å². The Morgan fingerprint density at radius 3 is 2.05 bits per heavy atom. The lowest BCUT2D eigenvalue weighted by Crippen LogP contribution is -2.42. The predicted molar refractivity (Wildman–Crippen MR) is 81.7 cm³/mol. The van der Waals surface area contributed by atoms with E-state index in [4.69, 9.17) is 0 Å². The third-order valence-electron chi connectivity index (χ3n) is 2.52. The van der Waals surface area contributed by atoms with Gasteiger partial charge in [-0.3, -0.25) is 14.4 Å². The van der Waals surface area contributed by atoms with Crippen molar-refractivity contribution in [3.05, 3.63) is 0 Å². The number of carbonyl (C=O) groups excluding carboxylic acids is 3. The monoisotopic (exact) mass is 298 g/mol. The molecule has 120 valence electrons. The van der Waals surface area contributed by atoms with Crippen LogP contribution < -0.4 is 10.7 Å². The van der Waals surface area contributed by atoms with Gasteiger partial charge in [-0.25, -0.2) is 5.43 Å². The smallest absolute Gasteiger partial charge is 0.329 e. The molecule has 3 amide bonds. The normalized spacial score (nSPS) is 11.8. The maximum atomic E-state index is 11.7. The third-order valence-corrected chi connectivity index (χ3v) is 2.52. The van der Waals surface area contributed by atoms with Crippen LogP contribution in [0.1, 0.15) is 48.0 Å². The zero-order valence-corrected chi connectivity index (χ0v) is 13.7. The van der Waals surface area contributed by atoms with Crippen molar-refractivity contribution in [2.75, 3.05) is 13.1 Å². The average molecular weight is 298 g/mol. The zero-order valence-electron chi connectivity index (χ0n) is 13.7. The Labute approximate surface area is 126 Å². The number of carbonyl (C=O) groups is 3. The van der Waals surface area contributed by atoms with Gasteiger partial charge in [-0.15, -0.1) is 0 Å². The molecule has 2 N–H and O–H groups in total. The molecule has 0 saturated carbocycles. The summed E-state index contributed by atoms with van der Waals surface area (Å²) in [5, 5.41) is 6.56. The third kappa shape index (κ3) is 8.06. The van der Waals surface area contributed by atoms with Crippen molar-refractivity contribution < 1.29 is 14.4 Å². The Hall–Kier alpha value is -1.92. The summed E-state index contributed by atoms with van der Waals surface area (Å²) >= 11 is 0. The highest BCUT2D eigenvalue weighted by Gasteiger charge is 2.19. The van der Waals surface area contributed by atoms with E-state index in [9.17, 15) is 14.4 Å². The zero-order chi connectivity index (χ0) is 16.6. The Morgan fingerprint density at radius 2 is 1.62 bits per heavy atom. The van der Waals surface area contributed by atoms with Gasteiger partial charge in [0.2, 0.25) is 5.91 Å². The van der Waals surface area contributed by atoms with Crippen LogP contribution in [0, 0.1) is 0 Å². The summed E-state index contributed by atoms with van der Waals surface area (Å²) in [6, 6.07) is 0.